The summed E-state index contributed by atoms with van der Waals surface area (Å²) >= 11 is 0. The van der Waals surface area contributed by atoms with Crippen molar-refractivity contribution in [2.75, 3.05) is 13.1 Å². The van der Waals surface area contributed by atoms with Crippen LogP contribution in [0.4, 0.5) is 0 Å². The van der Waals surface area contributed by atoms with Crippen molar-refractivity contribution in [1.29, 1.82) is 0 Å². The second-order valence-electron chi connectivity index (χ2n) is 7.45. The van der Waals surface area contributed by atoms with Gasteiger partial charge in [-0.1, -0.05) is 53.8 Å². The Kier molecular flexibility index (Phi) is 7.56. The van der Waals surface area contributed by atoms with Gasteiger partial charge >= 0.3 is 0 Å². The van der Waals surface area contributed by atoms with E-state index in [4.69, 9.17) is 9.36 Å². The van der Waals surface area contributed by atoms with E-state index in [0.29, 0.717) is 22.9 Å². The van der Waals surface area contributed by atoms with E-state index in [1.807, 2.05) is 30.3 Å². The van der Waals surface area contributed by atoms with Crippen molar-refractivity contribution < 1.29 is 24.1 Å². The first-order chi connectivity index (χ1) is 15.4. The van der Waals surface area contributed by atoms with Crippen LogP contribution in [-0.4, -0.2) is 57.9 Å². The minimum Gasteiger partial charge on any atom is -0.391 e. The Labute approximate surface area is 186 Å². The molecule has 9 nitrogen and oxygen atoms in total. The zero-order chi connectivity index (χ0) is 23.1. The minimum atomic E-state index is -0.798. The molecule has 2 heterocycles. The molecule has 2 N–H and O–H groups in total. The van der Waals surface area contributed by atoms with Crippen LogP contribution in [0.1, 0.15) is 23.4 Å². The second-order valence-corrected chi connectivity index (χ2v) is 7.45. The zero-order valence-corrected chi connectivity index (χ0v) is 17.9. The zero-order valence-electron chi connectivity index (χ0n) is 17.9. The van der Waals surface area contributed by atoms with E-state index in [2.05, 4.69) is 28.8 Å². The number of rotatable bonds is 9. The predicted octanol–water partition coefficient (Wildman–Crippen LogP) is 1.83. The molecule has 1 fully saturated rings. The van der Waals surface area contributed by atoms with Crippen LogP contribution in [0.2, 0.25) is 0 Å². The lowest BCUT2D eigenvalue weighted by Gasteiger charge is -2.23. The van der Waals surface area contributed by atoms with Gasteiger partial charge in [-0.05, 0) is 13.0 Å². The lowest BCUT2D eigenvalue weighted by Crippen LogP contribution is -2.47. The Balaban J connectivity index is 1.57. The normalized spacial score (nSPS) is 18.3. The van der Waals surface area contributed by atoms with Gasteiger partial charge < -0.3 is 24.7 Å². The summed E-state index contributed by atoms with van der Waals surface area (Å²) in [6.45, 7) is 9.38. The highest BCUT2D eigenvalue weighted by molar-refractivity contribution is 5.99. The molecule has 1 aromatic carbocycles. The lowest BCUT2D eigenvalue weighted by atomic mass is 10.1. The molecule has 0 spiro atoms. The van der Waals surface area contributed by atoms with Crippen molar-refractivity contribution in [1.82, 2.24) is 15.4 Å². The molecule has 1 aliphatic heterocycles. The van der Waals surface area contributed by atoms with Crippen LogP contribution in [0, 0.1) is 6.92 Å². The molecule has 3 rings (SSSR count). The number of nitrogens with zero attached hydrogens (tertiary/aromatic N) is 3. The van der Waals surface area contributed by atoms with E-state index < -0.39 is 18.1 Å². The van der Waals surface area contributed by atoms with Crippen LogP contribution < -0.4 is 5.32 Å². The lowest BCUT2D eigenvalue weighted by molar-refractivity contribution is -0.138. The second kappa shape index (κ2) is 10.5. The van der Waals surface area contributed by atoms with Gasteiger partial charge in [0.25, 0.3) is 0 Å². The van der Waals surface area contributed by atoms with Crippen LogP contribution in [0.15, 0.2) is 65.3 Å². The van der Waals surface area contributed by atoms with Crippen LogP contribution in [0.5, 0.6) is 0 Å². The van der Waals surface area contributed by atoms with Crippen LogP contribution in [0.3, 0.4) is 0 Å². The molecule has 2 aromatic rings. The summed E-state index contributed by atoms with van der Waals surface area (Å²) in [5.41, 5.74) is 1.82. The van der Waals surface area contributed by atoms with E-state index in [9.17, 15) is 14.7 Å². The largest absolute Gasteiger partial charge is 0.391 e. The number of hydrogen-bond acceptors (Lipinski definition) is 7. The summed E-state index contributed by atoms with van der Waals surface area (Å²) in [4.78, 5) is 32.1. The van der Waals surface area contributed by atoms with Gasteiger partial charge in [0, 0.05) is 24.6 Å². The topological polar surface area (TPSA) is 117 Å². The number of aliphatic hydroxyl groups is 1. The smallest absolute Gasteiger partial charge is 0.243 e. The Morgan fingerprint density at radius 3 is 2.81 bits per heavy atom. The van der Waals surface area contributed by atoms with Crippen molar-refractivity contribution in [2.24, 2.45) is 5.16 Å². The summed E-state index contributed by atoms with van der Waals surface area (Å²) in [6, 6.07) is 10.1. The molecule has 0 bridgehead atoms. The molecule has 0 saturated carbocycles. The first kappa shape index (κ1) is 23.0. The quantitative estimate of drug-likeness (QED) is 0.350. The van der Waals surface area contributed by atoms with Crippen molar-refractivity contribution in [2.45, 2.75) is 31.9 Å². The van der Waals surface area contributed by atoms with Crippen molar-refractivity contribution in [3.05, 3.63) is 72.6 Å². The van der Waals surface area contributed by atoms with E-state index in [1.165, 1.54) is 11.0 Å². The molecule has 1 aromatic heterocycles. The average Bonchev–Trinajstić information content (AvgIpc) is 3.39. The number of hydrogen-bond donors (Lipinski definition) is 2. The fourth-order valence-electron chi connectivity index (χ4n) is 3.32. The van der Waals surface area contributed by atoms with Crippen LogP contribution in [0.25, 0.3) is 5.76 Å². The average molecular weight is 438 g/mol. The number of likely N-dealkylation sites (tertiary alicyclic amines) is 1. The standard InChI is InChI=1S/C23H26N4O5/c1-4-18(26-31-16(3)17-8-6-5-7-9-17)13-24-23(30)21-11-19(28)14-27(21)22(29)12-20-10-15(2)25-32-20/h4-10,19,21,28H,1,3,11-14H2,2H3,(H,24,30)/b26-18+/t19-,21+/m1/s1. The molecule has 0 radical (unpaired) electrons. The number of aryl methyl sites for hydroxylation is 1. The molecule has 1 aliphatic rings. The highest BCUT2D eigenvalue weighted by Crippen LogP contribution is 2.20. The Bertz CT molecular complexity index is 1010. The van der Waals surface area contributed by atoms with Gasteiger partial charge in [0.15, 0.2) is 5.76 Å². The number of amides is 2. The number of carbonyl (C=O) groups is 2. The highest BCUT2D eigenvalue weighted by atomic mass is 16.6. The predicted molar refractivity (Wildman–Crippen MR) is 118 cm³/mol. The van der Waals surface area contributed by atoms with Gasteiger partial charge in [-0.3, -0.25) is 9.59 Å². The Morgan fingerprint density at radius 1 is 1.41 bits per heavy atom. The summed E-state index contributed by atoms with van der Waals surface area (Å²) in [7, 11) is 0. The molecule has 2 atom stereocenters. The van der Waals surface area contributed by atoms with Crippen LogP contribution in [-0.2, 0) is 20.8 Å². The number of nitrogens with one attached hydrogen (secondary N) is 1. The van der Waals surface area contributed by atoms with E-state index >= 15 is 0 Å². The molecule has 0 unspecified atom stereocenters. The minimum absolute atomic E-state index is 0.0356. The van der Waals surface area contributed by atoms with E-state index in [1.54, 1.807) is 13.0 Å². The molecule has 32 heavy (non-hydrogen) atoms. The summed E-state index contributed by atoms with van der Waals surface area (Å²) < 4.78 is 5.08. The Hall–Kier alpha value is -3.72. The number of benzene rings is 1. The number of aliphatic hydroxyl groups excluding tert-OH is 1. The van der Waals surface area contributed by atoms with Crippen molar-refractivity contribution >= 4 is 23.3 Å². The van der Waals surface area contributed by atoms with Gasteiger partial charge in [0.1, 0.15) is 11.8 Å². The van der Waals surface area contributed by atoms with Gasteiger partial charge in [-0.2, -0.15) is 0 Å². The van der Waals surface area contributed by atoms with E-state index in [-0.39, 0.29) is 31.8 Å². The maximum Gasteiger partial charge on any atom is 0.243 e. The monoisotopic (exact) mass is 438 g/mol. The molecule has 2 amide bonds. The fourth-order valence-corrected chi connectivity index (χ4v) is 3.32. The SMILES string of the molecule is C=C/C(CNC(=O)[C@@H]1C[C@@H](O)CN1C(=O)Cc1cc(C)no1)=N\OC(=C)c1ccccc1. The molecular weight excluding hydrogens is 412 g/mol. The first-order valence-corrected chi connectivity index (χ1v) is 10.2. The number of aromatic nitrogens is 1. The first-order valence-electron chi connectivity index (χ1n) is 10.2. The third-order valence-corrected chi connectivity index (χ3v) is 4.95. The van der Waals surface area contributed by atoms with E-state index in [0.717, 1.165) is 5.56 Å². The maximum atomic E-state index is 12.7. The van der Waals surface area contributed by atoms with Crippen molar-refractivity contribution in [3.8, 4) is 0 Å². The molecule has 0 aliphatic carbocycles. The number of oxime groups is 1. The molecule has 168 valence electrons. The number of carbonyl (C=O) groups excluding carboxylic acids is 2. The molecule has 9 heteroatoms. The summed E-state index contributed by atoms with van der Waals surface area (Å²) in [6.07, 6.45) is 0.786. The van der Waals surface area contributed by atoms with Crippen LogP contribution >= 0.6 is 0 Å². The third kappa shape index (κ3) is 5.92. The van der Waals surface area contributed by atoms with Gasteiger partial charge in [-0.25, -0.2) is 0 Å². The summed E-state index contributed by atoms with van der Waals surface area (Å²) in [5, 5.41) is 20.5. The van der Waals surface area contributed by atoms with Gasteiger partial charge in [0.2, 0.25) is 11.8 Å². The molecule has 1 saturated heterocycles. The summed E-state index contributed by atoms with van der Waals surface area (Å²) in [5.74, 6) is 0.0394. The maximum absolute atomic E-state index is 12.7. The van der Waals surface area contributed by atoms with Gasteiger partial charge in [0.05, 0.1) is 30.5 Å². The fraction of sp³-hybridized carbons (Fsp3) is 0.304. The highest BCUT2D eigenvalue weighted by Gasteiger charge is 2.39. The molecular formula is C23H26N4O5. The van der Waals surface area contributed by atoms with Gasteiger partial charge in [-0.15, -0.1) is 0 Å². The number of β-amino-alcohol motifs (C(OH)–C–C–N with tert-alkyl or cyclic N) is 1. The third-order valence-electron chi connectivity index (χ3n) is 4.95. The van der Waals surface area contributed by atoms with Crippen molar-refractivity contribution in [3.63, 3.8) is 0 Å². The Morgan fingerprint density at radius 2 is 2.16 bits per heavy atom.